The molecular weight excluding hydrogens is 468 g/mol. The highest BCUT2D eigenvalue weighted by Gasteiger charge is 2.39. The number of nitriles is 1. The van der Waals surface area contributed by atoms with Crippen LogP contribution < -0.4 is 10.6 Å². The van der Waals surface area contributed by atoms with E-state index in [0.29, 0.717) is 12.0 Å². The first-order valence-corrected chi connectivity index (χ1v) is 13.4. The fraction of sp³-hybridized carbons (Fsp3) is 0.655. The summed E-state index contributed by atoms with van der Waals surface area (Å²) in [6.45, 7) is 12.6. The zero-order chi connectivity index (χ0) is 27.8. The molecule has 3 unspecified atom stereocenters. The molecule has 1 aromatic rings. The standard InChI is InChI=1S/C29H44N4O4/c1-8-19(2)24(32-28(36)37-29(5,6)7)27(35)33(18-17-30)25(23-16-12-13-20(3)21(23)4)26(34)31-22-14-10-9-11-15-22/h12-13,16,19,22,24-25H,8-11,14-15,18H2,1-7H3,(H,31,34)(H,32,36). The largest absolute Gasteiger partial charge is 0.444 e. The number of aryl methyl sites for hydroxylation is 1. The Balaban J connectivity index is 2.51. The summed E-state index contributed by atoms with van der Waals surface area (Å²) in [4.78, 5) is 41.9. The lowest BCUT2D eigenvalue weighted by Gasteiger charge is -2.36. The number of benzene rings is 1. The Labute approximate surface area is 222 Å². The molecule has 8 nitrogen and oxygen atoms in total. The van der Waals surface area contributed by atoms with Gasteiger partial charge in [0.05, 0.1) is 6.07 Å². The summed E-state index contributed by atoms with van der Waals surface area (Å²) in [5.41, 5.74) is 1.82. The Morgan fingerprint density at radius 3 is 2.38 bits per heavy atom. The Hall–Kier alpha value is -3.08. The van der Waals surface area contributed by atoms with Crippen molar-refractivity contribution in [3.63, 3.8) is 0 Å². The Morgan fingerprint density at radius 1 is 1.16 bits per heavy atom. The maximum absolute atomic E-state index is 14.1. The molecule has 204 valence electrons. The molecule has 1 saturated carbocycles. The zero-order valence-corrected chi connectivity index (χ0v) is 23.5. The minimum Gasteiger partial charge on any atom is -0.444 e. The van der Waals surface area contributed by atoms with Crippen LogP contribution in [-0.2, 0) is 14.3 Å². The van der Waals surface area contributed by atoms with E-state index in [0.717, 1.165) is 43.2 Å². The van der Waals surface area contributed by atoms with Crippen LogP contribution in [0.25, 0.3) is 0 Å². The van der Waals surface area contributed by atoms with Crippen molar-refractivity contribution >= 4 is 17.9 Å². The van der Waals surface area contributed by atoms with Crippen molar-refractivity contribution in [1.82, 2.24) is 15.5 Å². The van der Waals surface area contributed by atoms with Crippen molar-refractivity contribution in [2.45, 2.75) is 111 Å². The third-order valence-corrected chi connectivity index (χ3v) is 7.13. The van der Waals surface area contributed by atoms with Crippen molar-refractivity contribution in [1.29, 1.82) is 5.26 Å². The van der Waals surface area contributed by atoms with Crippen LogP contribution in [0.4, 0.5) is 4.79 Å². The summed E-state index contributed by atoms with van der Waals surface area (Å²) in [5, 5.41) is 15.6. The molecule has 0 bridgehead atoms. The molecule has 0 aromatic heterocycles. The summed E-state index contributed by atoms with van der Waals surface area (Å²) < 4.78 is 5.42. The number of nitrogens with zero attached hydrogens (tertiary/aromatic N) is 2. The van der Waals surface area contributed by atoms with Crippen LogP contribution in [0.15, 0.2) is 18.2 Å². The van der Waals surface area contributed by atoms with E-state index in [2.05, 4.69) is 16.7 Å². The monoisotopic (exact) mass is 512 g/mol. The van der Waals surface area contributed by atoms with Crippen LogP contribution >= 0.6 is 0 Å². The normalized spacial score (nSPS) is 16.6. The maximum Gasteiger partial charge on any atom is 0.408 e. The summed E-state index contributed by atoms with van der Waals surface area (Å²) in [7, 11) is 0. The number of hydrogen-bond acceptors (Lipinski definition) is 5. The van der Waals surface area contributed by atoms with Crippen LogP contribution in [0.3, 0.4) is 0 Å². The van der Waals surface area contributed by atoms with E-state index in [4.69, 9.17) is 4.74 Å². The van der Waals surface area contributed by atoms with Crippen LogP contribution in [0.2, 0.25) is 0 Å². The zero-order valence-electron chi connectivity index (χ0n) is 23.5. The third-order valence-electron chi connectivity index (χ3n) is 7.13. The second kappa shape index (κ2) is 13.5. The number of ether oxygens (including phenoxy) is 1. The van der Waals surface area contributed by atoms with Crippen LogP contribution in [0.1, 0.15) is 95.9 Å². The van der Waals surface area contributed by atoms with Gasteiger partial charge in [-0.15, -0.1) is 0 Å². The van der Waals surface area contributed by atoms with Gasteiger partial charge in [0, 0.05) is 6.04 Å². The van der Waals surface area contributed by atoms with E-state index in [-0.39, 0.29) is 24.4 Å². The van der Waals surface area contributed by atoms with Gasteiger partial charge in [-0.05, 0) is 70.1 Å². The molecule has 0 radical (unpaired) electrons. The second-order valence-electron chi connectivity index (χ2n) is 11.2. The third kappa shape index (κ3) is 8.48. The minimum absolute atomic E-state index is 0.0400. The highest BCUT2D eigenvalue weighted by atomic mass is 16.6. The molecular formula is C29H44N4O4. The molecule has 3 amide bonds. The number of nitrogens with one attached hydrogen (secondary N) is 2. The molecule has 37 heavy (non-hydrogen) atoms. The molecule has 1 aromatic carbocycles. The van der Waals surface area contributed by atoms with Gasteiger partial charge in [0.15, 0.2) is 0 Å². The smallest absolute Gasteiger partial charge is 0.408 e. The second-order valence-corrected chi connectivity index (χ2v) is 11.2. The first-order chi connectivity index (χ1) is 17.4. The van der Waals surface area contributed by atoms with Gasteiger partial charge in [-0.25, -0.2) is 4.79 Å². The first-order valence-electron chi connectivity index (χ1n) is 13.4. The fourth-order valence-corrected chi connectivity index (χ4v) is 4.72. The molecule has 0 heterocycles. The predicted molar refractivity (Wildman–Crippen MR) is 144 cm³/mol. The Kier molecular flexibility index (Phi) is 11.0. The van der Waals surface area contributed by atoms with Crippen molar-refractivity contribution in [3.05, 3.63) is 34.9 Å². The van der Waals surface area contributed by atoms with E-state index in [9.17, 15) is 19.6 Å². The van der Waals surface area contributed by atoms with Crippen LogP contribution in [0, 0.1) is 31.1 Å². The van der Waals surface area contributed by atoms with Crippen molar-refractivity contribution in [2.24, 2.45) is 5.92 Å². The highest BCUT2D eigenvalue weighted by molar-refractivity contribution is 5.92. The molecule has 1 aliphatic rings. The quantitative estimate of drug-likeness (QED) is 0.448. The van der Waals surface area contributed by atoms with Gasteiger partial charge in [-0.3, -0.25) is 9.59 Å². The SMILES string of the molecule is CCC(C)C(NC(=O)OC(C)(C)C)C(=O)N(CC#N)C(C(=O)NC1CCCCC1)c1cccc(C)c1C. The van der Waals surface area contributed by atoms with Gasteiger partial charge in [-0.1, -0.05) is 57.7 Å². The Bertz CT molecular complexity index is 989. The number of rotatable bonds is 9. The van der Waals surface area contributed by atoms with Crippen molar-refractivity contribution < 1.29 is 19.1 Å². The van der Waals surface area contributed by atoms with E-state index >= 15 is 0 Å². The highest BCUT2D eigenvalue weighted by Crippen LogP contribution is 2.29. The van der Waals surface area contributed by atoms with E-state index in [1.54, 1.807) is 20.8 Å². The average Bonchev–Trinajstić information content (AvgIpc) is 2.83. The van der Waals surface area contributed by atoms with Crippen LogP contribution in [-0.4, -0.2) is 47.0 Å². The maximum atomic E-state index is 14.1. The van der Waals surface area contributed by atoms with Crippen molar-refractivity contribution in [3.8, 4) is 6.07 Å². The molecule has 0 spiro atoms. The molecule has 2 N–H and O–H groups in total. The molecule has 2 rings (SSSR count). The fourth-order valence-electron chi connectivity index (χ4n) is 4.72. The summed E-state index contributed by atoms with van der Waals surface area (Å²) in [6.07, 6.45) is 4.94. The molecule has 3 atom stereocenters. The lowest BCUT2D eigenvalue weighted by Crippen LogP contribution is -2.56. The van der Waals surface area contributed by atoms with Gasteiger partial charge in [-0.2, -0.15) is 5.26 Å². The number of hydrogen-bond donors (Lipinski definition) is 2. The van der Waals surface area contributed by atoms with Gasteiger partial charge >= 0.3 is 6.09 Å². The number of alkyl carbamates (subject to hydrolysis) is 1. The van der Waals surface area contributed by atoms with E-state index in [1.807, 2.05) is 45.9 Å². The van der Waals surface area contributed by atoms with Gasteiger partial charge in [0.1, 0.15) is 24.2 Å². The average molecular weight is 513 g/mol. The molecule has 0 saturated heterocycles. The number of amides is 3. The van der Waals surface area contributed by atoms with E-state index in [1.165, 1.54) is 4.90 Å². The predicted octanol–water partition coefficient (Wildman–Crippen LogP) is 5.09. The summed E-state index contributed by atoms with van der Waals surface area (Å²) in [6, 6.07) is 5.82. The first kappa shape index (κ1) is 30.1. The lowest BCUT2D eigenvalue weighted by molar-refractivity contribution is -0.143. The lowest BCUT2D eigenvalue weighted by atomic mass is 9.91. The topological polar surface area (TPSA) is 112 Å². The minimum atomic E-state index is -0.999. The Morgan fingerprint density at radius 2 is 1.81 bits per heavy atom. The number of carbonyl (C=O) groups is 3. The molecule has 1 fully saturated rings. The van der Waals surface area contributed by atoms with Gasteiger partial charge in [0.2, 0.25) is 11.8 Å². The molecule has 0 aliphatic heterocycles. The van der Waals surface area contributed by atoms with Crippen molar-refractivity contribution in [2.75, 3.05) is 6.54 Å². The summed E-state index contributed by atoms with van der Waals surface area (Å²) in [5.74, 6) is -1.03. The van der Waals surface area contributed by atoms with Crippen LogP contribution in [0.5, 0.6) is 0 Å². The molecule has 8 heteroatoms. The number of carbonyl (C=O) groups excluding carboxylic acids is 3. The van der Waals surface area contributed by atoms with Gasteiger partial charge in [0.25, 0.3) is 0 Å². The molecule has 1 aliphatic carbocycles. The summed E-state index contributed by atoms with van der Waals surface area (Å²) >= 11 is 0. The van der Waals surface area contributed by atoms with Gasteiger partial charge < -0.3 is 20.3 Å². The van der Waals surface area contributed by atoms with E-state index < -0.39 is 29.7 Å².